The van der Waals surface area contributed by atoms with Gasteiger partial charge >= 0.3 is 5.97 Å². The quantitative estimate of drug-likeness (QED) is 0.944. The maximum atomic E-state index is 11.0. The van der Waals surface area contributed by atoms with E-state index >= 15 is 0 Å². The molecule has 1 unspecified atom stereocenters. The Morgan fingerprint density at radius 3 is 2.88 bits per heavy atom. The number of hydrogen-bond donors (Lipinski definition) is 1. The van der Waals surface area contributed by atoms with E-state index < -0.39 is 5.97 Å². The summed E-state index contributed by atoms with van der Waals surface area (Å²) in [5.74, 6) is -0.229. The van der Waals surface area contributed by atoms with Gasteiger partial charge in [0.2, 0.25) is 0 Å². The molecule has 0 amide bonds. The Hall–Kier alpha value is -1.14. The summed E-state index contributed by atoms with van der Waals surface area (Å²) in [4.78, 5) is 16.2. The zero-order chi connectivity index (χ0) is 12.4. The second-order valence-electron chi connectivity index (χ2n) is 3.69. The molecule has 0 saturated heterocycles. The molecule has 0 aliphatic heterocycles. The standard InChI is InChI=1S/C11H11BrN2O2S/c1-14-5-4-13-11(14)7(6-10(15)16)8-2-3-9(12)17-8/h2-5,7H,6H2,1H3,(H,15,16). The predicted molar refractivity (Wildman–Crippen MR) is 69.3 cm³/mol. The van der Waals surface area contributed by atoms with Crippen LogP contribution in [0.3, 0.4) is 0 Å². The molecule has 2 rings (SSSR count). The molecule has 90 valence electrons. The van der Waals surface area contributed by atoms with Crippen LogP contribution in [0.5, 0.6) is 0 Å². The molecule has 6 heteroatoms. The SMILES string of the molecule is Cn1ccnc1C(CC(=O)O)c1ccc(Br)s1. The third-order valence-corrected chi connectivity index (χ3v) is 4.22. The zero-order valence-electron chi connectivity index (χ0n) is 9.13. The molecule has 0 saturated carbocycles. The van der Waals surface area contributed by atoms with Gasteiger partial charge in [-0.3, -0.25) is 4.79 Å². The molecule has 2 aromatic heterocycles. The summed E-state index contributed by atoms with van der Waals surface area (Å²) in [5.41, 5.74) is 0. The van der Waals surface area contributed by atoms with Crippen LogP contribution in [-0.4, -0.2) is 20.6 Å². The Kier molecular flexibility index (Phi) is 3.63. The third kappa shape index (κ3) is 2.76. The van der Waals surface area contributed by atoms with Gasteiger partial charge in [0, 0.05) is 24.3 Å². The topological polar surface area (TPSA) is 55.1 Å². The van der Waals surface area contributed by atoms with E-state index in [1.165, 1.54) is 0 Å². The van der Waals surface area contributed by atoms with Crippen LogP contribution >= 0.6 is 27.3 Å². The first-order chi connectivity index (χ1) is 8.08. The minimum atomic E-state index is -0.817. The number of nitrogens with zero attached hydrogens (tertiary/aromatic N) is 2. The van der Waals surface area contributed by atoms with Crippen molar-refractivity contribution in [2.45, 2.75) is 12.3 Å². The lowest BCUT2D eigenvalue weighted by Crippen LogP contribution is -2.11. The smallest absolute Gasteiger partial charge is 0.304 e. The molecule has 2 aromatic rings. The van der Waals surface area contributed by atoms with Crippen LogP contribution in [-0.2, 0) is 11.8 Å². The van der Waals surface area contributed by atoms with E-state index in [-0.39, 0.29) is 12.3 Å². The molecule has 2 heterocycles. The maximum absolute atomic E-state index is 11.0. The van der Waals surface area contributed by atoms with Crippen molar-refractivity contribution in [2.24, 2.45) is 7.05 Å². The fraction of sp³-hybridized carbons (Fsp3) is 0.273. The van der Waals surface area contributed by atoms with Gasteiger partial charge in [-0.15, -0.1) is 11.3 Å². The Morgan fingerprint density at radius 1 is 1.65 bits per heavy atom. The second-order valence-corrected chi connectivity index (χ2v) is 6.18. The van der Waals surface area contributed by atoms with Crippen molar-refractivity contribution in [1.82, 2.24) is 9.55 Å². The van der Waals surface area contributed by atoms with Gasteiger partial charge in [-0.05, 0) is 28.1 Å². The first kappa shape index (κ1) is 12.3. The third-order valence-electron chi connectivity index (χ3n) is 2.49. The van der Waals surface area contributed by atoms with Crippen LogP contribution in [0, 0.1) is 0 Å². The zero-order valence-corrected chi connectivity index (χ0v) is 11.5. The number of aliphatic carboxylic acids is 1. The number of carboxylic acids is 1. The van der Waals surface area contributed by atoms with E-state index in [1.54, 1.807) is 17.5 Å². The molecule has 0 bridgehead atoms. The van der Waals surface area contributed by atoms with E-state index in [1.807, 2.05) is 29.9 Å². The second kappa shape index (κ2) is 5.01. The molecule has 17 heavy (non-hydrogen) atoms. The van der Waals surface area contributed by atoms with Gasteiger partial charge in [0.05, 0.1) is 16.1 Å². The molecule has 0 aromatic carbocycles. The predicted octanol–water partition coefficient (Wildman–Crippen LogP) is 2.85. The van der Waals surface area contributed by atoms with Gasteiger partial charge < -0.3 is 9.67 Å². The summed E-state index contributed by atoms with van der Waals surface area (Å²) < 4.78 is 2.86. The minimum absolute atomic E-state index is 0.0534. The highest BCUT2D eigenvalue weighted by molar-refractivity contribution is 9.11. The van der Waals surface area contributed by atoms with Crippen molar-refractivity contribution in [1.29, 1.82) is 0 Å². The minimum Gasteiger partial charge on any atom is -0.481 e. The van der Waals surface area contributed by atoms with E-state index in [9.17, 15) is 4.79 Å². The lowest BCUT2D eigenvalue weighted by atomic mass is 10.0. The first-order valence-corrected chi connectivity index (χ1v) is 6.63. The van der Waals surface area contributed by atoms with Crippen LogP contribution in [0.4, 0.5) is 0 Å². The van der Waals surface area contributed by atoms with Crippen molar-refractivity contribution in [2.75, 3.05) is 0 Å². The number of thiophene rings is 1. The van der Waals surface area contributed by atoms with E-state index in [4.69, 9.17) is 5.11 Å². The van der Waals surface area contributed by atoms with E-state index in [0.717, 1.165) is 14.5 Å². The maximum Gasteiger partial charge on any atom is 0.304 e. The van der Waals surface area contributed by atoms with Crippen LogP contribution in [0.15, 0.2) is 28.3 Å². The van der Waals surface area contributed by atoms with Gasteiger partial charge in [-0.1, -0.05) is 0 Å². The summed E-state index contributed by atoms with van der Waals surface area (Å²) in [6.45, 7) is 0. The van der Waals surface area contributed by atoms with Crippen LogP contribution in [0.25, 0.3) is 0 Å². The Balaban J connectivity index is 2.38. The summed E-state index contributed by atoms with van der Waals surface area (Å²) in [6.07, 6.45) is 3.57. The van der Waals surface area contributed by atoms with Gasteiger partial charge in [-0.2, -0.15) is 0 Å². The highest BCUT2D eigenvalue weighted by Gasteiger charge is 2.22. The van der Waals surface area contributed by atoms with Gasteiger partial charge in [0.25, 0.3) is 0 Å². The molecular weight excluding hydrogens is 304 g/mol. The number of aryl methyl sites for hydroxylation is 1. The fourth-order valence-electron chi connectivity index (χ4n) is 1.72. The van der Waals surface area contributed by atoms with E-state index in [2.05, 4.69) is 20.9 Å². The summed E-state index contributed by atoms with van der Waals surface area (Å²) in [7, 11) is 1.87. The Labute approximate surface area is 111 Å². The largest absolute Gasteiger partial charge is 0.481 e. The molecule has 0 radical (unpaired) electrons. The van der Waals surface area contributed by atoms with Crippen LogP contribution in [0.1, 0.15) is 23.0 Å². The number of halogens is 1. The van der Waals surface area contributed by atoms with Gasteiger partial charge in [-0.25, -0.2) is 4.98 Å². The van der Waals surface area contributed by atoms with Gasteiger partial charge in [0.15, 0.2) is 0 Å². The number of aromatic nitrogens is 2. The number of carboxylic acid groups (broad SMARTS) is 1. The Bertz CT molecular complexity index is 535. The Morgan fingerprint density at radius 2 is 2.41 bits per heavy atom. The van der Waals surface area contributed by atoms with Gasteiger partial charge in [0.1, 0.15) is 5.82 Å². The molecule has 0 aliphatic carbocycles. The summed E-state index contributed by atoms with van der Waals surface area (Å²) >= 11 is 4.94. The monoisotopic (exact) mass is 314 g/mol. The molecule has 0 aliphatic rings. The average Bonchev–Trinajstić information content (AvgIpc) is 2.84. The van der Waals surface area contributed by atoms with Crippen molar-refractivity contribution < 1.29 is 9.90 Å². The first-order valence-electron chi connectivity index (χ1n) is 5.02. The van der Waals surface area contributed by atoms with Crippen molar-refractivity contribution in [3.63, 3.8) is 0 Å². The molecular formula is C11H11BrN2O2S. The lowest BCUT2D eigenvalue weighted by Gasteiger charge is -2.12. The number of rotatable bonds is 4. The highest BCUT2D eigenvalue weighted by atomic mass is 79.9. The number of hydrogen-bond acceptors (Lipinski definition) is 3. The highest BCUT2D eigenvalue weighted by Crippen LogP contribution is 2.34. The number of imidazole rings is 1. The van der Waals surface area contributed by atoms with Crippen molar-refractivity contribution in [3.8, 4) is 0 Å². The average molecular weight is 315 g/mol. The summed E-state index contributed by atoms with van der Waals surface area (Å²) in [5, 5.41) is 9.00. The normalized spacial score (nSPS) is 12.6. The van der Waals surface area contributed by atoms with Crippen LogP contribution in [0.2, 0.25) is 0 Å². The van der Waals surface area contributed by atoms with E-state index in [0.29, 0.717) is 0 Å². The molecule has 4 nitrogen and oxygen atoms in total. The molecule has 0 fully saturated rings. The fourth-order valence-corrected chi connectivity index (χ4v) is 3.24. The molecule has 0 spiro atoms. The van der Waals surface area contributed by atoms with Crippen molar-refractivity contribution in [3.05, 3.63) is 39.0 Å². The number of carbonyl (C=O) groups is 1. The van der Waals surface area contributed by atoms with Crippen molar-refractivity contribution >= 4 is 33.2 Å². The van der Waals surface area contributed by atoms with Crippen LogP contribution < -0.4 is 0 Å². The molecule has 1 atom stereocenters. The summed E-state index contributed by atoms with van der Waals surface area (Å²) in [6, 6.07) is 3.87. The lowest BCUT2D eigenvalue weighted by molar-refractivity contribution is -0.137. The molecule has 1 N–H and O–H groups in total.